The Hall–Kier alpha value is -1.62. The molecule has 1 N–H and O–H groups in total. The van der Waals surface area contributed by atoms with E-state index in [0.29, 0.717) is 11.3 Å². The van der Waals surface area contributed by atoms with E-state index in [1.165, 1.54) is 25.3 Å². The van der Waals surface area contributed by atoms with Crippen molar-refractivity contribution in [2.45, 2.75) is 44.9 Å². The van der Waals surface area contributed by atoms with Crippen LogP contribution >= 0.6 is 0 Å². The second kappa shape index (κ2) is 6.22. The minimum atomic E-state index is -0.472. The van der Waals surface area contributed by atoms with Crippen molar-refractivity contribution in [1.29, 1.82) is 0 Å². The summed E-state index contributed by atoms with van der Waals surface area (Å²) in [4.78, 5) is 11.7. The van der Waals surface area contributed by atoms with E-state index in [0.717, 1.165) is 12.8 Å². The van der Waals surface area contributed by atoms with Gasteiger partial charge in [-0.1, -0.05) is 0 Å². The standard InChI is InChI=1S/C15H20FNO3/c1-9-6-12(7-10(2)20-9)17-14-8-11(16)4-5-13(14)15(18)19-3/h4-5,8-10,12,17H,6-7H2,1-3H3. The maximum absolute atomic E-state index is 13.4. The molecule has 1 aromatic carbocycles. The number of hydrogen-bond acceptors (Lipinski definition) is 4. The van der Waals surface area contributed by atoms with Crippen LogP contribution in [-0.2, 0) is 9.47 Å². The summed E-state index contributed by atoms with van der Waals surface area (Å²) in [6, 6.07) is 4.18. The summed E-state index contributed by atoms with van der Waals surface area (Å²) in [7, 11) is 1.31. The second-order valence-electron chi connectivity index (χ2n) is 5.25. The van der Waals surface area contributed by atoms with Gasteiger partial charge in [0, 0.05) is 6.04 Å². The molecule has 5 heteroatoms. The van der Waals surface area contributed by atoms with Crippen molar-refractivity contribution in [1.82, 2.24) is 0 Å². The SMILES string of the molecule is COC(=O)c1ccc(F)cc1NC1CC(C)OC(C)C1. The van der Waals surface area contributed by atoms with Gasteiger partial charge in [0.1, 0.15) is 5.82 Å². The monoisotopic (exact) mass is 281 g/mol. The normalized spacial score (nSPS) is 26.1. The maximum atomic E-state index is 13.4. The first kappa shape index (κ1) is 14.8. The van der Waals surface area contributed by atoms with Gasteiger partial charge < -0.3 is 14.8 Å². The highest BCUT2D eigenvalue weighted by Gasteiger charge is 2.25. The van der Waals surface area contributed by atoms with Crippen molar-refractivity contribution in [2.24, 2.45) is 0 Å². The van der Waals surface area contributed by atoms with Crippen LogP contribution in [0.4, 0.5) is 10.1 Å². The molecule has 0 spiro atoms. The fourth-order valence-corrected chi connectivity index (χ4v) is 2.67. The average molecular weight is 281 g/mol. The molecule has 0 aliphatic carbocycles. The van der Waals surface area contributed by atoms with Gasteiger partial charge in [0.25, 0.3) is 0 Å². The summed E-state index contributed by atoms with van der Waals surface area (Å²) >= 11 is 0. The Labute approximate surface area is 118 Å². The summed E-state index contributed by atoms with van der Waals surface area (Å²) in [6.45, 7) is 4.02. The van der Waals surface area contributed by atoms with Crippen molar-refractivity contribution in [3.8, 4) is 0 Å². The fraction of sp³-hybridized carbons (Fsp3) is 0.533. The molecule has 110 valence electrons. The molecular formula is C15H20FNO3. The molecule has 1 heterocycles. The van der Waals surface area contributed by atoms with Crippen LogP contribution in [0.25, 0.3) is 0 Å². The molecule has 0 saturated carbocycles. The third-order valence-electron chi connectivity index (χ3n) is 3.44. The number of carbonyl (C=O) groups excluding carboxylic acids is 1. The van der Waals surface area contributed by atoms with Gasteiger partial charge in [-0.25, -0.2) is 9.18 Å². The van der Waals surface area contributed by atoms with Crippen LogP contribution in [0.15, 0.2) is 18.2 Å². The summed E-state index contributed by atoms with van der Waals surface area (Å²) in [5.74, 6) is -0.853. The Morgan fingerprint density at radius 3 is 2.60 bits per heavy atom. The smallest absolute Gasteiger partial charge is 0.339 e. The molecule has 1 fully saturated rings. The minimum absolute atomic E-state index is 0.145. The third kappa shape index (κ3) is 3.48. The second-order valence-corrected chi connectivity index (χ2v) is 5.25. The molecule has 1 aliphatic heterocycles. The topological polar surface area (TPSA) is 47.6 Å². The van der Waals surface area contributed by atoms with Gasteiger partial charge in [0.15, 0.2) is 0 Å². The Kier molecular flexibility index (Phi) is 4.60. The number of carbonyl (C=O) groups is 1. The molecular weight excluding hydrogens is 261 g/mol. The van der Waals surface area contributed by atoms with Crippen LogP contribution in [-0.4, -0.2) is 31.3 Å². The number of rotatable bonds is 3. The van der Waals surface area contributed by atoms with E-state index in [4.69, 9.17) is 9.47 Å². The average Bonchev–Trinajstić information content (AvgIpc) is 2.37. The van der Waals surface area contributed by atoms with Crippen LogP contribution < -0.4 is 5.32 Å². The largest absolute Gasteiger partial charge is 0.465 e. The zero-order valence-corrected chi connectivity index (χ0v) is 12.0. The number of nitrogens with one attached hydrogen (secondary N) is 1. The van der Waals surface area contributed by atoms with Crippen molar-refractivity contribution in [3.63, 3.8) is 0 Å². The summed E-state index contributed by atoms with van der Waals surface area (Å²) in [5.41, 5.74) is 0.823. The molecule has 2 rings (SSSR count). The predicted molar refractivity (Wildman–Crippen MR) is 74.4 cm³/mol. The number of ether oxygens (including phenoxy) is 2. The first-order valence-electron chi connectivity index (χ1n) is 6.79. The molecule has 1 saturated heterocycles. The highest BCUT2D eigenvalue weighted by molar-refractivity contribution is 5.95. The molecule has 0 amide bonds. The Bertz CT molecular complexity index is 482. The van der Waals surface area contributed by atoms with Gasteiger partial charge in [-0.2, -0.15) is 0 Å². The number of benzene rings is 1. The zero-order valence-electron chi connectivity index (χ0n) is 12.0. The third-order valence-corrected chi connectivity index (χ3v) is 3.44. The molecule has 1 aromatic rings. The minimum Gasteiger partial charge on any atom is -0.465 e. The van der Waals surface area contributed by atoms with Gasteiger partial charge >= 0.3 is 5.97 Å². The van der Waals surface area contributed by atoms with Crippen LogP contribution in [0.5, 0.6) is 0 Å². The van der Waals surface area contributed by atoms with Gasteiger partial charge in [0.2, 0.25) is 0 Å². The molecule has 0 radical (unpaired) electrons. The van der Waals surface area contributed by atoms with Crippen molar-refractivity contribution < 1.29 is 18.7 Å². The number of methoxy groups -OCH3 is 1. The van der Waals surface area contributed by atoms with Gasteiger partial charge in [-0.05, 0) is 44.9 Å². The van der Waals surface area contributed by atoms with Gasteiger partial charge in [0.05, 0.1) is 30.6 Å². The van der Waals surface area contributed by atoms with Crippen molar-refractivity contribution in [2.75, 3.05) is 12.4 Å². The lowest BCUT2D eigenvalue weighted by Gasteiger charge is -2.33. The van der Waals surface area contributed by atoms with Crippen LogP contribution in [0.2, 0.25) is 0 Å². The number of esters is 1. The van der Waals surface area contributed by atoms with E-state index >= 15 is 0 Å². The molecule has 2 unspecified atom stereocenters. The molecule has 0 bridgehead atoms. The highest BCUT2D eigenvalue weighted by atomic mass is 19.1. The number of hydrogen-bond donors (Lipinski definition) is 1. The molecule has 20 heavy (non-hydrogen) atoms. The van der Waals surface area contributed by atoms with E-state index in [-0.39, 0.29) is 24.1 Å². The molecule has 2 atom stereocenters. The molecule has 1 aliphatic rings. The van der Waals surface area contributed by atoms with E-state index in [1.807, 2.05) is 13.8 Å². The van der Waals surface area contributed by atoms with Gasteiger partial charge in [-0.15, -0.1) is 0 Å². The van der Waals surface area contributed by atoms with E-state index in [2.05, 4.69) is 5.32 Å². The summed E-state index contributed by atoms with van der Waals surface area (Å²) in [6.07, 6.45) is 1.93. The van der Waals surface area contributed by atoms with Crippen molar-refractivity contribution in [3.05, 3.63) is 29.6 Å². The number of anilines is 1. The lowest BCUT2D eigenvalue weighted by atomic mass is 9.99. The van der Waals surface area contributed by atoms with Gasteiger partial charge in [-0.3, -0.25) is 0 Å². The fourth-order valence-electron chi connectivity index (χ4n) is 2.67. The summed E-state index contributed by atoms with van der Waals surface area (Å²) in [5, 5.41) is 3.25. The summed E-state index contributed by atoms with van der Waals surface area (Å²) < 4.78 is 23.8. The first-order valence-corrected chi connectivity index (χ1v) is 6.79. The molecule has 0 aromatic heterocycles. The van der Waals surface area contributed by atoms with E-state index < -0.39 is 5.97 Å². The van der Waals surface area contributed by atoms with Crippen LogP contribution in [0.1, 0.15) is 37.0 Å². The quantitative estimate of drug-likeness (QED) is 0.865. The van der Waals surface area contributed by atoms with Crippen LogP contribution in [0, 0.1) is 5.82 Å². The molecule has 4 nitrogen and oxygen atoms in total. The lowest BCUT2D eigenvalue weighted by Crippen LogP contribution is -2.37. The lowest BCUT2D eigenvalue weighted by molar-refractivity contribution is -0.0337. The highest BCUT2D eigenvalue weighted by Crippen LogP contribution is 2.25. The maximum Gasteiger partial charge on any atom is 0.339 e. The van der Waals surface area contributed by atoms with E-state index in [1.54, 1.807) is 0 Å². The Balaban J connectivity index is 2.19. The Morgan fingerprint density at radius 1 is 1.35 bits per heavy atom. The predicted octanol–water partition coefficient (Wildman–Crippen LogP) is 2.98. The first-order chi connectivity index (χ1) is 9.49. The Morgan fingerprint density at radius 2 is 2.00 bits per heavy atom. The number of halogens is 1. The van der Waals surface area contributed by atoms with E-state index in [9.17, 15) is 9.18 Å². The van der Waals surface area contributed by atoms with Crippen LogP contribution in [0.3, 0.4) is 0 Å². The van der Waals surface area contributed by atoms with Crippen molar-refractivity contribution >= 4 is 11.7 Å². The zero-order chi connectivity index (χ0) is 14.7.